The molecule has 104 valence electrons. The largest absolute Gasteiger partial charge is 0.398 e. The second kappa shape index (κ2) is 6.09. The van der Waals surface area contributed by atoms with E-state index in [1.54, 1.807) is 6.07 Å². The van der Waals surface area contributed by atoms with Crippen LogP contribution in [0.5, 0.6) is 0 Å². The molecule has 3 nitrogen and oxygen atoms in total. The summed E-state index contributed by atoms with van der Waals surface area (Å²) in [5.41, 5.74) is 10.3. The number of anilines is 2. The van der Waals surface area contributed by atoms with Gasteiger partial charge in [-0.1, -0.05) is 34.1 Å². The molecule has 0 radical (unpaired) electrons. The lowest BCUT2D eigenvalue weighted by Crippen LogP contribution is -2.16. The predicted molar refractivity (Wildman–Crippen MR) is 86.8 cm³/mol. The Labute approximate surface area is 127 Å². The van der Waals surface area contributed by atoms with Gasteiger partial charge in [0, 0.05) is 15.8 Å². The van der Waals surface area contributed by atoms with E-state index in [0.29, 0.717) is 5.69 Å². The van der Waals surface area contributed by atoms with Crippen LogP contribution < -0.4 is 11.1 Å². The second-order valence-electron chi connectivity index (χ2n) is 4.84. The SMILES string of the molecule is Cc1cc(Br)cc(C)c1NC(=O)Cc1ccccc1N. The fraction of sp³-hybridized carbons (Fsp3) is 0.188. The number of nitrogen functional groups attached to an aromatic ring is 1. The molecule has 0 unspecified atom stereocenters. The van der Waals surface area contributed by atoms with E-state index in [1.165, 1.54) is 0 Å². The summed E-state index contributed by atoms with van der Waals surface area (Å²) < 4.78 is 1.01. The number of amides is 1. The topological polar surface area (TPSA) is 55.1 Å². The fourth-order valence-electron chi connectivity index (χ4n) is 2.16. The number of carbonyl (C=O) groups is 1. The molecule has 1 amide bonds. The van der Waals surface area contributed by atoms with Crippen LogP contribution in [0, 0.1) is 13.8 Å². The van der Waals surface area contributed by atoms with Crippen LogP contribution in [0.2, 0.25) is 0 Å². The molecule has 0 spiro atoms. The maximum absolute atomic E-state index is 12.1. The summed E-state index contributed by atoms with van der Waals surface area (Å²) in [7, 11) is 0. The molecular formula is C16H17BrN2O. The van der Waals surface area contributed by atoms with Gasteiger partial charge in [-0.25, -0.2) is 0 Å². The monoisotopic (exact) mass is 332 g/mol. The molecule has 0 bridgehead atoms. The van der Waals surface area contributed by atoms with Gasteiger partial charge in [0.05, 0.1) is 6.42 Å². The zero-order valence-electron chi connectivity index (χ0n) is 11.5. The quantitative estimate of drug-likeness (QED) is 0.839. The van der Waals surface area contributed by atoms with Crippen LogP contribution in [0.15, 0.2) is 40.9 Å². The summed E-state index contributed by atoms with van der Waals surface area (Å²) in [4.78, 5) is 12.1. The van der Waals surface area contributed by atoms with E-state index in [9.17, 15) is 4.79 Å². The molecule has 20 heavy (non-hydrogen) atoms. The van der Waals surface area contributed by atoms with Gasteiger partial charge in [0.15, 0.2) is 0 Å². The zero-order chi connectivity index (χ0) is 14.7. The second-order valence-corrected chi connectivity index (χ2v) is 5.75. The van der Waals surface area contributed by atoms with Crippen LogP contribution in [0.25, 0.3) is 0 Å². The Hall–Kier alpha value is -1.81. The van der Waals surface area contributed by atoms with Crippen molar-refractivity contribution in [3.8, 4) is 0 Å². The summed E-state index contributed by atoms with van der Waals surface area (Å²) in [6, 6.07) is 11.4. The molecule has 0 heterocycles. The Bertz CT molecular complexity index is 630. The summed E-state index contributed by atoms with van der Waals surface area (Å²) in [6.07, 6.45) is 0.279. The molecule has 0 aromatic heterocycles. The molecule has 3 N–H and O–H groups in total. The Kier molecular flexibility index (Phi) is 4.45. The van der Waals surface area contributed by atoms with Gasteiger partial charge in [-0.05, 0) is 48.7 Å². The Morgan fingerprint density at radius 3 is 2.40 bits per heavy atom. The maximum Gasteiger partial charge on any atom is 0.228 e. The molecule has 0 saturated heterocycles. The van der Waals surface area contributed by atoms with Gasteiger partial charge in [0.25, 0.3) is 0 Å². The molecule has 0 aliphatic rings. The molecule has 2 rings (SSSR count). The molecule has 2 aromatic rings. The number of para-hydroxylation sites is 1. The van der Waals surface area contributed by atoms with Crippen LogP contribution in [-0.4, -0.2) is 5.91 Å². The minimum Gasteiger partial charge on any atom is -0.398 e. The van der Waals surface area contributed by atoms with Crippen molar-refractivity contribution in [2.75, 3.05) is 11.1 Å². The predicted octanol–water partition coefficient (Wildman–Crippen LogP) is 3.83. The first-order valence-corrected chi connectivity index (χ1v) is 7.16. The average Bonchev–Trinajstić information content (AvgIpc) is 2.36. The molecule has 0 atom stereocenters. The highest BCUT2D eigenvalue weighted by atomic mass is 79.9. The Morgan fingerprint density at radius 2 is 1.80 bits per heavy atom. The van der Waals surface area contributed by atoms with E-state index >= 15 is 0 Å². The third-order valence-corrected chi connectivity index (χ3v) is 3.63. The van der Waals surface area contributed by atoms with Crippen molar-refractivity contribution >= 4 is 33.2 Å². The minimum atomic E-state index is -0.0589. The molecule has 2 aromatic carbocycles. The molecule has 0 fully saturated rings. The van der Waals surface area contributed by atoms with Crippen molar-refractivity contribution in [3.05, 3.63) is 57.6 Å². The van der Waals surface area contributed by atoms with Crippen LogP contribution in [0.4, 0.5) is 11.4 Å². The van der Waals surface area contributed by atoms with E-state index in [2.05, 4.69) is 21.2 Å². The number of benzene rings is 2. The number of aryl methyl sites for hydroxylation is 2. The smallest absolute Gasteiger partial charge is 0.228 e. The van der Waals surface area contributed by atoms with E-state index in [1.807, 2.05) is 44.2 Å². The van der Waals surface area contributed by atoms with Crippen molar-refractivity contribution in [2.45, 2.75) is 20.3 Å². The fourth-order valence-corrected chi connectivity index (χ4v) is 2.85. The van der Waals surface area contributed by atoms with Gasteiger partial charge in [0.2, 0.25) is 5.91 Å². The lowest BCUT2D eigenvalue weighted by molar-refractivity contribution is -0.115. The first kappa shape index (κ1) is 14.6. The molecule has 0 saturated carbocycles. The standard InChI is InChI=1S/C16H17BrN2O/c1-10-7-13(17)8-11(2)16(10)19-15(20)9-12-5-3-4-6-14(12)18/h3-8H,9,18H2,1-2H3,(H,19,20). The Balaban J connectivity index is 2.15. The van der Waals surface area contributed by atoms with E-state index in [4.69, 9.17) is 5.73 Å². The van der Waals surface area contributed by atoms with Crippen molar-refractivity contribution in [2.24, 2.45) is 0 Å². The van der Waals surface area contributed by atoms with Crippen molar-refractivity contribution in [3.63, 3.8) is 0 Å². The maximum atomic E-state index is 12.1. The highest BCUT2D eigenvalue weighted by molar-refractivity contribution is 9.10. The number of rotatable bonds is 3. The van der Waals surface area contributed by atoms with Gasteiger partial charge in [-0.15, -0.1) is 0 Å². The average molecular weight is 333 g/mol. The first-order chi connectivity index (χ1) is 9.47. The third-order valence-electron chi connectivity index (χ3n) is 3.17. The summed E-state index contributed by atoms with van der Waals surface area (Å²) in [6.45, 7) is 3.95. The van der Waals surface area contributed by atoms with Crippen LogP contribution in [0.3, 0.4) is 0 Å². The van der Waals surface area contributed by atoms with E-state index in [-0.39, 0.29) is 12.3 Å². The van der Waals surface area contributed by atoms with Gasteiger partial charge >= 0.3 is 0 Å². The number of carbonyl (C=O) groups excluding carboxylic acids is 1. The van der Waals surface area contributed by atoms with Crippen molar-refractivity contribution in [1.29, 1.82) is 0 Å². The van der Waals surface area contributed by atoms with E-state index < -0.39 is 0 Å². The normalized spacial score (nSPS) is 10.3. The zero-order valence-corrected chi connectivity index (χ0v) is 13.1. The van der Waals surface area contributed by atoms with Crippen molar-refractivity contribution in [1.82, 2.24) is 0 Å². The number of nitrogens with one attached hydrogen (secondary N) is 1. The molecule has 0 aliphatic heterocycles. The highest BCUT2D eigenvalue weighted by Gasteiger charge is 2.10. The number of nitrogens with two attached hydrogens (primary N) is 1. The van der Waals surface area contributed by atoms with Gasteiger partial charge in [0.1, 0.15) is 0 Å². The van der Waals surface area contributed by atoms with E-state index in [0.717, 1.165) is 26.9 Å². The minimum absolute atomic E-state index is 0.0589. The van der Waals surface area contributed by atoms with Crippen LogP contribution in [-0.2, 0) is 11.2 Å². The first-order valence-electron chi connectivity index (χ1n) is 6.37. The summed E-state index contributed by atoms with van der Waals surface area (Å²) >= 11 is 3.45. The third kappa shape index (κ3) is 3.39. The van der Waals surface area contributed by atoms with Gasteiger partial charge in [-0.2, -0.15) is 0 Å². The number of hydrogen-bond donors (Lipinski definition) is 2. The molecular weight excluding hydrogens is 316 g/mol. The lowest BCUT2D eigenvalue weighted by Gasteiger charge is -2.13. The van der Waals surface area contributed by atoms with Crippen LogP contribution in [0.1, 0.15) is 16.7 Å². The highest BCUT2D eigenvalue weighted by Crippen LogP contribution is 2.25. The Morgan fingerprint density at radius 1 is 1.20 bits per heavy atom. The van der Waals surface area contributed by atoms with Gasteiger partial charge in [-0.3, -0.25) is 4.79 Å². The van der Waals surface area contributed by atoms with Crippen molar-refractivity contribution < 1.29 is 4.79 Å². The van der Waals surface area contributed by atoms with Gasteiger partial charge < -0.3 is 11.1 Å². The molecule has 0 aliphatic carbocycles. The number of halogens is 1. The summed E-state index contributed by atoms with van der Waals surface area (Å²) in [5.74, 6) is -0.0589. The summed E-state index contributed by atoms with van der Waals surface area (Å²) in [5, 5.41) is 2.97. The van der Waals surface area contributed by atoms with Crippen LogP contribution >= 0.6 is 15.9 Å². The molecule has 4 heteroatoms. The lowest BCUT2D eigenvalue weighted by atomic mass is 10.1. The number of hydrogen-bond acceptors (Lipinski definition) is 2.